The minimum absolute atomic E-state index is 0. The minimum atomic E-state index is -0.596. The van der Waals surface area contributed by atoms with E-state index in [-0.39, 0.29) is 48.5 Å². The van der Waals surface area contributed by atoms with Crippen molar-refractivity contribution in [2.24, 2.45) is 5.73 Å². The van der Waals surface area contributed by atoms with Gasteiger partial charge in [-0.05, 0) is 26.7 Å². The van der Waals surface area contributed by atoms with Crippen molar-refractivity contribution in [3.8, 4) is 0 Å². The van der Waals surface area contributed by atoms with Crippen LogP contribution in [0.25, 0.3) is 0 Å². The number of ether oxygens (including phenoxy) is 2. The fraction of sp³-hybridized carbons (Fsp3) is 0.941. The molecule has 150 valence electrons. The van der Waals surface area contributed by atoms with Crippen LogP contribution in [0, 0.1) is 0 Å². The lowest BCUT2D eigenvalue weighted by Crippen LogP contribution is -2.63. The van der Waals surface area contributed by atoms with Crippen LogP contribution in [-0.2, 0) is 14.3 Å². The average molecular weight is 400 g/mol. The zero-order valence-electron chi connectivity index (χ0n) is 15.7. The van der Waals surface area contributed by atoms with Crippen LogP contribution in [0.5, 0.6) is 0 Å². The van der Waals surface area contributed by atoms with Gasteiger partial charge in [0.25, 0.3) is 0 Å². The third kappa shape index (κ3) is 6.85. The maximum atomic E-state index is 12.2. The molecule has 1 aliphatic heterocycles. The van der Waals surface area contributed by atoms with Crippen LogP contribution in [0.15, 0.2) is 0 Å². The van der Waals surface area contributed by atoms with E-state index in [1.165, 1.54) is 19.3 Å². The summed E-state index contributed by atoms with van der Waals surface area (Å²) in [6, 6.07) is -0.596. The quantitative estimate of drug-likeness (QED) is 0.710. The molecular formula is C17H35Cl2N3O3. The lowest BCUT2D eigenvalue weighted by molar-refractivity contribution is -0.130. The first kappa shape index (κ1) is 24.9. The highest BCUT2D eigenvalue weighted by atomic mass is 35.5. The average Bonchev–Trinajstić information content (AvgIpc) is 2.53. The Balaban J connectivity index is 0.00000288. The molecule has 1 saturated heterocycles. The molecule has 1 saturated carbocycles. The molecule has 3 N–H and O–H groups in total. The van der Waals surface area contributed by atoms with Gasteiger partial charge in [0.05, 0.1) is 18.8 Å². The summed E-state index contributed by atoms with van der Waals surface area (Å²) in [7, 11) is 1.56. The highest BCUT2D eigenvalue weighted by molar-refractivity contribution is 5.85. The Morgan fingerprint density at radius 1 is 1.28 bits per heavy atom. The zero-order valence-corrected chi connectivity index (χ0v) is 17.3. The molecule has 1 atom stereocenters. The molecule has 0 aromatic rings. The van der Waals surface area contributed by atoms with E-state index in [4.69, 9.17) is 15.2 Å². The third-order valence-corrected chi connectivity index (χ3v) is 5.16. The molecule has 2 rings (SSSR count). The van der Waals surface area contributed by atoms with Crippen molar-refractivity contribution in [3.63, 3.8) is 0 Å². The second-order valence-electron chi connectivity index (χ2n) is 7.59. The first-order valence-electron chi connectivity index (χ1n) is 8.80. The molecule has 1 aliphatic carbocycles. The maximum Gasteiger partial charge on any atom is 0.239 e. The SMILES string of the molecule is COCC(N)C(=O)NCC1(N2CCOC(C)(C)C2)CCCCC1.Cl.Cl. The number of methoxy groups -OCH3 is 1. The van der Waals surface area contributed by atoms with Gasteiger partial charge in [-0.15, -0.1) is 24.8 Å². The summed E-state index contributed by atoms with van der Waals surface area (Å²) < 4.78 is 10.8. The lowest BCUT2D eigenvalue weighted by Gasteiger charge is -2.51. The number of carbonyl (C=O) groups excluding carboxylic acids is 1. The van der Waals surface area contributed by atoms with E-state index in [1.54, 1.807) is 7.11 Å². The van der Waals surface area contributed by atoms with Crippen molar-refractivity contribution in [1.29, 1.82) is 0 Å². The van der Waals surface area contributed by atoms with Gasteiger partial charge in [0.15, 0.2) is 0 Å². The molecule has 0 radical (unpaired) electrons. The molecule has 0 aromatic heterocycles. The monoisotopic (exact) mass is 399 g/mol. The standard InChI is InChI=1S/C17H33N3O3.2ClH/c1-16(2)13-20(9-10-23-16)17(7-5-4-6-8-17)12-19-15(21)14(18)11-22-3;;/h14H,4-13,18H2,1-3H3,(H,19,21);2*1H. The molecule has 25 heavy (non-hydrogen) atoms. The Morgan fingerprint density at radius 2 is 1.92 bits per heavy atom. The molecule has 0 aromatic carbocycles. The van der Waals surface area contributed by atoms with Crippen molar-refractivity contribution in [1.82, 2.24) is 10.2 Å². The van der Waals surface area contributed by atoms with Gasteiger partial charge in [0.1, 0.15) is 6.04 Å². The van der Waals surface area contributed by atoms with Crippen molar-refractivity contribution in [3.05, 3.63) is 0 Å². The number of nitrogens with one attached hydrogen (secondary N) is 1. The van der Waals surface area contributed by atoms with Crippen molar-refractivity contribution < 1.29 is 14.3 Å². The van der Waals surface area contributed by atoms with E-state index < -0.39 is 6.04 Å². The Kier molecular flexibility index (Phi) is 10.9. The van der Waals surface area contributed by atoms with Crippen LogP contribution < -0.4 is 11.1 Å². The molecule has 0 spiro atoms. The van der Waals surface area contributed by atoms with Gasteiger partial charge in [-0.3, -0.25) is 9.69 Å². The third-order valence-electron chi connectivity index (χ3n) is 5.16. The molecule has 2 aliphatic rings. The highest BCUT2D eigenvalue weighted by Crippen LogP contribution is 2.36. The molecule has 2 fully saturated rings. The molecule has 6 nitrogen and oxygen atoms in total. The number of hydrogen-bond acceptors (Lipinski definition) is 5. The molecular weight excluding hydrogens is 365 g/mol. The first-order chi connectivity index (χ1) is 10.9. The Bertz CT molecular complexity index is 405. The lowest BCUT2D eigenvalue weighted by atomic mass is 9.79. The second-order valence-corrected chi connectivity index (χ2v) is 7.59. The molecule has 0 bridgehead atoms. The van der Waals surface area contributed by atoms with Crippen LogP contribution in [-0.4, -0.2) is 67.9 Å². The van der Waals surface area contributed by atoms with Gasteiger partial charge in [-0.2, -0.15) is 0 Å². The summed E-state index contributed by atoms with van der Waals surface area (Å²) in [5, 5.41) is 3.08. The summed E-state index contributed by atoms with van der Waals surface area (Å²) in [4.78, 5) is 14.7. The van der Waals surface area contributed by atoms with Crippen LogP contribution in [0.4, 0.5) is 0 Å². The fourth-order valence-corrected chi connectivity index (χ4v) is 3.87. The Labute approximate surface area is 164 Å². The summed E-state index contributed by atoms with van der Waals surface area (Å²) in [5.74, 6) is -0.121. The zero-order chi connectivity index (χ0) is 16.9. The summed E-state index contributed by atoms with van der Waals surface area (Å²) in [5.41, 5.74) is 5.75. The number of morpholine rings is 1. The van der Waals surface area contributed by atoms with E-state index in [0.29, 0.717) is 6.54 Å². The topological polar surface area (TPSA) is 76.8 Å². The molecule has 1 amide bonds. The van der Waals surface area contributed by atoms with E-state index >= 15 is 0 Å². The largest absolute Gasteiger partial charge is 0.383 e. The minimum Gasteiger partial charge on any atom is -0.383 e. The summed E-state index contributed by atoms with van der Waals surface area (Å²) >= 11 is 0. The van der Waals surface area contributed by atoms with E-state index in [1.807, 2.05) is 0 Å². The fourth-order valence-electron chi connectivity index (χ4n) is 3.87. The van der Waals surface area contributed by atoms with Gasteiger partial charge in [0.2, 0.25) is 5.91 Å². The number of nitrogens with two attached hydrogens (primary N) is 1. The smallest absolute Gasteiger partial charge is 0.239 e. The predicted molar refractivity (Wildman–Crippen MR) is 105 cm³/mol. The number of amides is 1. The van der Waals surface area contributed by atoms with Gasteiger partial charge >= 0.3 is 0 Å². The van der Waals surface area contributed by atoms with Crippen molar-refractivity contribution in [2.45, 2.75) is 63.1 Å². The molecule has 8 heteroatoms. The van der Waals surface area contributed by atoms with Crippen LogP contribution in [0.3, 0.4) is 0 Å². The number of nitrogens with zero attached hydrogens (tertiary/aromatic N) is 1. The van der Waals surface area contributed by atoms with E-state index in [0.717, 1.165) is 32.5 Å². The number of halogens is 2. The van der Waals surface area contributed by atoms with Crippen LogP contribution in [0.2, 0.25) is 0 Å². The number of hydrogen-bond donors (Lipinski definition) is 2. The van der Waals surface area contributed by atoms with Crippen LogP contribution >= 0.6 is 24.8 Å². The van der Waals surface area contributed by atoms with Gasteiger partial charge in [0, 0.05) is 32.3 Å². The normalized spacial score (nSPS) is 23.7. The van der Waals surface area contributed by atoms with Gasteiger partial charge in [-0.1, -0.05) is 19.3 Å². The van der Waals surface area contributed by atoms with Gasteiger partial charge < -0.3 is 20.5 Å². The first-order valence-corrected chi connectivity index (χ1v) is 8.80. The maximum absolute atomic E-state index is 12.2. The van der Waals surface area contributed by atoms with Crippen molar-refractivity contribution in [2.75, 3.05) is 40.0 Å². The van der Waals surface area contributed by atoms with Crippen molar-refractivity contribution >= 4 is 30.7 Å². The highest BCUT2D eigenvalue weighted by Gasteiger charge is 2.42. The Hall–Kier alpha value is -0.110. The van der Waals surface area contributed by atoms with E-state index in [9.17, 15) is 4.79 Å². The molecule has 1 heterocycles. The predicted octanol–water partition coefficient (Wildman–Crippen LogP) is 1.73. The van der Waals surface area contributed by atoms with Gasteiger partial charge in [-0.25, -0.2) is 0 Å². The van der Waals surface area contributed by atoms with Crippen LogP contribution in [0.1, 0.15) is 46.0 Å². The molecule has 1 unspecified atom stereocenters. The Morgan fingerprint density at radius 3 is 2.48 bits per heavy atom. The number of rotatable bonds is 6. The number of carbonyl (C=O) groups is 1. The van der Waals surface area contributed by atoms with E-state index in [2.05, 4.69) is 24.1 Å². The second kappa shape index (κ2) is 10.9. The summed E-state index contributed by atoms with van der Waals surface area (Å²) in [6.45, 7) is 7.80. The summed E-state index contributed by atoms with van der Waals surface area (Å²) in [6.07, 6.45) is 5.98.